The number of aliphatic carboxylic acids is 1. The molecule has 0 bridgehead atoms. The maximum atomic E-state index is 13.0. The Morgan fingerprint density at radius 2 is 1.75 bits per heavy atom. The molecule has 0 aliphatic carbocycles. The van der Waals surface area contributed by atoms with Crippen LogP contribution in [0.1, 0.15) is 90.0 Å². The number of carbonyl (C=O) groups excluding carboxylic acids is 2. The summed E-state index contributed by atoms with van der Waals surface area (Å²) in [6.45, 7) is 5.03. The summed E-state index contributed by atoms with van der Waals surface area (Å²) in [4.78, 5) is 36.4. The zero-order valence-corrected chi connectivity index (χ0v) is 21.6. The smallest absolute Gasteiger partial charge is 0.336 e. The summed E-state index contributed by atoms with van der Waals surface area (Å²) < 4.78 is 5.22. The third-order valence-electron chi connectivity index (χ3n) is 7.03. The zero-order valence-electron chi connectivity index (χ0n) is 21.6. The number of nitro benzene ring substituents is 1. The number of allylic oxidation sites excluding steroid dienone is 1. The molecule has 9 nitrogen and oxygen atoms in total. The fourth-order valence-electron chi connectivity index (χ4n) is 5.29. The van der Waals surface area contributed by atoms with Crippen molar-refractivity contribution in [3.05, 3.63) is 51.2 Å². The predicted molar refractivity (Wildman–Crippen MR) is 134 cm³/mol. The minimum atomic E-state index is -1.44. The lowest BCUT2D eigenvalue weighted by Gasteiger charge is -2.50. The Labute approximate surface area is 213 Å². The molecular weight excluding hydrogens is 464 g/mol. The van der Waals surface area contributed by atoms with E-state index in [0.717, 1.165) is 19.3 Å². The molecule has 2 N–H and O–H groups in total. The molecule has 0 spiro atoms. The van der Waals surface area contributed by atoms with E-state index in [1.807, 2.05) is 0 Å². The van der Waals surface area contributed by atoms with Crippen molar-refractivity contribution in [3.63, 3.8) is 0 Å². The number of ether oxygens (including phenoxy) is 1. The zero-order chi connectivity index (χ0) is 26.7. The molecule has 2 rings (SSSR count). The maximum Gasteiger partial charge on any atom is 0.336 e. The molecule has 36 heavy (non-hydrogen) atoms. The predicted octanol–water partition coefficient (Wildman–Crippen LogP) is 3.75. The van der Waals surface area contributed by atoms with Gasteiger partial charge in [-0.2, -0.15) is 0 Å². The number of hydrogen-bond donors (Lipinski definition) is 2. The van der Waals surface area contributed by atoms with Crippen molar-refractivity contribution in [1.82, 2.24) is 5.32 Å². The maximum absolute atomic E-state index is 13.0. The molecule has 1 aromatic rings. The van der Waals surface area contributed by atoms with Crippen LogP contribution in [0.2, 0.25) is 0 Å². The standard InChI is InChI=1S/C27H40N2O7/c1-4-6-7-8-9-10-11-12-16-27(18-30)24(25(31)32)23(20-14-13-15-21(17-20)29(34)35)22(19(3)28-27)26(33)36-5-2/h13-15,17,23-24,28,30H,4-12,16,18H2,1-3H3,(H,31,32)/p-1. The van der Waals surface area contributed by atoms with Crippen LogP contribution in [0, 0.1) is 16.0 Å². The average Bonchev–Trinajstić information content (AvgIpc) is 2.85. The Bertz CT molecular complexity index is 946. The molecular formula is C27H39N2O7-. The monoisotopic (exact) mass is 503 g/mol. The van der Waals surface area contributed by atoms with Crippen molar-refractivity contribution in [2.24, 2.45) is 5.92 Å². The minimum absolute atomic E-state index is 0.0755. The second-order valence-corrected chi connectivity index (χ2v) is 9.55. The van der Waals surface area contributed by atoms with Crippen LogP contribution in [0.5, 0.6) is 0 Å². The fourth-order valence-corrected chi connectivity index (χ4v) is 5.29. The van der Waals surface area contributed by atoms with Gasteiger partial charge in [-0.15, -0.1) is 0 Å². The number of hydrogen-bond acceptors (Lipinski definition) is 8. The van der Waals surface area contributed by atoms with Gasteiger partial charge in [-0.1, -0.05) is 70.4 Å². The van der Waals surface area contributed by atoms with Gasteiger partial charge in [0.15, 0.2) is 0 Å². The van der Waals surface area contributed by atoms with Gasteiger partial charge in [0.25, 0.3) is 5.69 Å². The minimum Gasteiger partial charge on any atom is -0.550 e. The van der Waals surface area contributed by atoms with Crippen LogP contribution in [0.3, 0.4) is 0 Å². The number of nitro groups is 1. The van der Waals surface area contributed by atoms with Gasteiger partial charge in [-0.05, 0) is 25.8 Å². The average molecular weight is 504 g/mol. The van der Waals surface area contributed by atoms with Gasteiger partial charge in [0.05, 0.1) is 29.2 Å². The SMILES string of the molecule is CCCCCCCCCCC1(CO)NC(C)=C(C(=O)OCC)C(c2cccc([N+](=O)[O-])c2)C1C(=O)[O-]. The highest BCUT2D eigenvalue weighted by molar-refractivity contribution is 5.93. The molecule has 0 saturated heterocycles. The molecule has 3 unspecified atom stereocenters. The summed E-state index contributed by atoms with van der Waals surface area (Å²) in [5, 5.41) is 37.7. The highest BCUT2D eigenvalue weighted by atomic mass is 16.6. The molecule has 1 aliphatic heterocycles. The molecule has 0 aromatic heterocycles. The number of esters is 1. The second kappa shape index (κ2) is 14.0. The number of non-ortho nitro benzene ring substituents is 1. The summed E-state index contributed by atoms with van der Waals surface area (Å²) in [7, 11) is 0. The van der Waals surface area contributed by atoms with Crippen molar-refractivity contribution < 1.29 is 29.5 Å². The van der Waals surface area contributed by atoms with Gasteiger partial charge >= 0.3 is 5.97 Å². The number of benzene rings is 1. The van der Waals surface area contributed by atoms with E-state index in [9.17, 15) is 29.9 Å². The number of aliphatic hydroxyl groups is 1. The number of aliphatic hydroxyl groups excluding tert-OH is 1. The summed E-state index contributed by atoms with van der Waals surface area (Å²) in [5.74, 6) is -4.58. The summed E-state index contributed by atoms with van der Waals surface area (Å²) >= 11 is 0. The Kier molecular flexibility index (Phi) is 11.4. The van der Waals surface area contributed by atoms with Crippen LogP contribution in [-0.2, 0) is 14.3 Å². The molecule has 0 fully saturated rings. The first-order valence-electron chi connectivity index (χ1n) is 12.9. The number of carboxylic acids is 1. The normalized spacial score (nSPS) is 21.7. The van der Waals surface area contributed by atoms with E-state index in [1.165, 1.54) is 43.9 Å². The van der Waals surface area contributed by atoms with E-state index < -0.39 is 40.8 Å². The highest BCUT2D eigenvalue weighted by Gasteiger charge is 2.50. The lowest BCUT2D eigenvalue weighted by Crippen LogP contribution is -2.63. The van der Waals surface area contributed by atoms with Gasteiger partial charge in [0, 0.05) is 35.6 Å². The van der Waals surface area contributed by atoms with Crippen LogP contribution < -0.4 is 10.4 Å². The van der Waals surface area contributed by atoms with Crippen molar-refractivity contribution in [1.29, 1.82) is 0 Å². The van der Waals surface area contributed by atoms with Crippen molar-refractivity contribution >= 4 is 17.6 Å². The first-order valence-corrected chi connectivity index (χ1v) is 12.9. The van der Waals surface area contributed by atoms with Crippen LogP contribution in [0.15, 0.2) is 35.5 Å². The van der Waals surface area contributed by atoms with Crippen LogP contribution in [0.4, 0.5) is 5.69 Å². The number of nitrogens with zero attached hydrogens (tertiary/aromatic N) is 1. The molecule has 1 heterocycles. The van der Waals surface area contributed by atoms with Gasteiger partial charge in [0.1, 0.15) is 0 Å². The Morgan fingerprint density at radius 1 is 1.11 bits per heavy atom. The molecule has 0 radical (unpaired) electrons. The van der Waals surface area contributed by atoms with Crippen molar-refractivity contribution in [2.75, 3.05) is 13.2 Å². The number of unbranched alkanes of at least 4 members (excludes halogenated alkanes) is 7. The van der Waals surface area contributed by atoms with E-state index in [0.29, 0.717) is 18.5 Å². The summed E-state index contributed by atoms with van der Waals surface area (Å²) in [6, 6.07) is 5.60. The van der Waals surface area contributed by atoms with E-state index >= 15 is 0 Å². The molecule has 200 valence electrons. The van der Waals surface area contributed by atoms with Gasteiger partial charge in [-0.25, -0.2) is 4.79 Å². The van der Waals surface area contributed by atoms with Crippen molar-refractivity contribution in [2.45, 2.75) is 90.0 Å². The summed E-state index contributed by atoms with van der Waals surface area (Å²) in [6.07, 6.45) is 8.79. The number of carbonyl (C=O) groups is 2. The van der Waals surface area contributed by atoms with Gasteiger partial charge in [-0.3, -0.25) is 10.1 Å². The second-order valence-electron chi connectivity index (χ2n) is 9.55. The first kappa shape index (κ1) is 29.3. The molecule has 3 atom stereocenters. The van der Waals surface area contributed by atoms with Crippen LogP contribution in [-0.4, -0.2) is 40.7 Å². The quantitative estimate of drug-likeness (QED) is 0.159. The Hall–Kier alpha value is -2.94. The molecule has 9 heteroatoms. The highest BCUT2D eigenvalue weighted by Crippen LogP contribution is 2.46. The third-order valence-corrected chi connectivity index (χ3v) is 7.03. The first-order chi connectivity index (χ1) is 17.2. The Morgan fingerprint density at radius 3 is 2.31 bits per heavy atom. The molecule has 0 saturated carbocycles. The third kappa shape index (κ3) is 7.06. The van der Waals surface area contributed by atoms with Gasteiger partial charge in [0.2, 0.25) is 0 Å². The van der Waals surface area contributed by atoms with E-state index in [-0.39, 0.29) is 23.4 Å². The largest absolute Gasteiger partial charge is 0.550 e. The van der Waals surface area contributed by atoms with E-state index in [4.69, 9.17) is 4.74 Å². The fraction of sp³-hybridized carbons (Fsp3) is 0.630. The van der Waals surface area contributed by atoms with Crippen LogP contribution in [0.25, 0.3) is 0 Å². The molecule has 0 amide bonds. The van der Waals surface area contributed by atoms with E-state index in [2.05, 4.69) is 12.2 Å². The van der Waals surface area contributed by atoms with Crippen LogP contribution >= 0.6 is 0 Å². The number of nitrogens with one attached hydrogen (secondary N) is 1. The Balaban J connectivity index is 2.43. The topological polar surface area (TPSA) is 142 Å². The number of carboxylic acid groups (broad SMARTS) is 1. The lowest BCUT2D eigenvalue weighted by molar-refractivity contribution is -0.385. The van der Waals surface area contributed by atoms with Crippen molar-refractivity contribution in [3.8, 4) is 0 Å². The number of rotatable bonds is 15. The summed E-state index contributed by atoms with van der Waals surface area (Å²) in [5.41, 5.74) is -0.767. The lowest BCUT2D eigenvalue weighted by atomic mass is 9.65. The molecule has 1 aromatic carbocycles. The van der Waals surface area contributed by atoms with E-state index in [1.54, 1.807) is 19.9 Å². The molecule has 1 aliphatic rings. The van der Waals surface area contributed by atoms with Gasteiger partial charge < -0.3 is 25.1 Å².